The lowest BCUT2D eigenvalue weighted by Gasteiger charge is -2.27. The summed E-state index contributed by atoms with van der Waals surface area (Å²) < 4.78 is 14.9. The molecular weight excluding hydrogens is 304 g/mol. The number of hydrogen-bond acceptors (Lipinski definition) is 7. The van der Waals surface area contributed by atoms with Gasteiger partial charge >= 0.3 is 5.97 Å². The molecule has 0 amide bonds. The fraction of sp³-hybridized carbons (Fsp3) is 0.667. The highest BCUT2D eigenvalue weighted by Crippen LogP contribution is 2.31. The Hall–Kier alpha value is -0.890. The van der Waals surface area contributed by atoms with Gasteiger partial charge < -0.3 is 19.1 Å². The Bertz CT molecular complexity index is 441. The number of ether oxygens (including phenoxy) is 3. The van der Waals surface area contributed by atoms with Crippen LogP contribution in [0.5, 0.6) is 0 Å². The summed E-state index contributed by atoms with van der Waals surface area (Å²) in [5.74, 6) is -0.482. The van der Waals surface area contributed by atoms with Gasteiger partial charge in [0.25, 0.3) is 0 Å². The summed E-state index contributed by atoms with van der Waals surface area (Å²) in [7, 11) is 4.59. The van der Waals surface area contributed by atoms with Gasteiger partial charge in [-0.25, -0.2) is 9.78 Å². The Labute approximate surface area is 127 Å². The molecule has 0 saturated heterocycles. The average molecular weight is 323 g/mol. The number of carbonyl (C=O) groups excluding carboxylic acids is 1. The second-order valence-corrected chi connectivity index (χ2v) is 5.43. The van der Waals surface area contributed by atoms with Gasteiger partial charge in [-0.15, -0.1) is 0 Å². The molecule has 1 unspecified atom stereocenters. The molecule has 1 atom stereocenters. The number of anilines is 1. The van der Waals surface area contributed by atoms with E-state index in [9.17, 15) is 4.79 Å². The summed E-state index contributed by atoms with van der Waals surface area (Å²) >= 11 is 7.19. The first-order valence-electron chi connectivity index (χ1n) is 6.04. The van der Waals surface area contributed by atoms with Crippen LogP contribution in [-0.2, 0) is 14.2 Å². The predicted molar refractivity (Wildman–Crippen MR) is 79.0 cm³/mol. The zero-order chi connectivity index (χ0) is 15.1. The van der Waals surface area contributed by atoms with E-state index in [0.717, 1.165) is 0 Å². The molecule has 0 aromatic carbocycles. The number of esters is 1. The summed E-state index contributed by atoms with van der Waals surface area (Å²) in [6.07, 6.45) is 0. The molecule has 0 saturated carbocycles. The van der Waals surface area contributed by atoms with Crippen molar-refractivity contribution < 1.29 is 19.0 Å². The Balaban J connectivity index is 2.98. The van der Waals surface area contributed by atoms with Crippen LogP contribution in [0.2, 0.25) is 5.15 Å². The molecule has 0 N–H and O–H groups in total. The van der Waals surface area contributed by atoms with Crippen LogP contribution in [0.1, 0.15) is 16.6 Å². The van der Waals surface area contributed by atoms with Gasteiger partial charge in [0.05, 0.1) is 26.4 Å². The molecule has 0 spiro atoms. The molecule has 114 valence electrons. The minimum Gasteiger partial charge on any atom is -0.465 e. The molecule has 0 aliphatic rings. The molecule has 20 heavy (non-hydrogen) atoms. The first-order valence-corrected chi connectivity index (χ1v) is 7.23. The van der Waals surface area contributed by atoms with Gasteiger partial charge in [-0.1, -0.05) is 22.9 Å². The van der Waals surface area contributed by atoms with Crippen LogP contribution in [0.4, 0.5) is 5.13 Å². The molecular formula is C12H19ClN2O4S. The third-order valence-electron chi connectivity index (χ3n) is 2.67. The first-order chi connectivity index (χ1) is 9.54. The maximum absolute atomic E-state index is 11.6. The Morgan fingerprint density at radius 3 is 2.65 bits per heavy atom. The summed E-state index contributed by atoms with van der Waals surface area (Å²) in [6.45, 7) is 3.71. The number of halogens is 1. The number of methoxy groups -OCH3 is 3. The van der Waals surface area contributed by atoms with Gasteiger partial charge in [-0.3, -0.25) is 0 Å². The molecule has 6 nitrogen and oxygen atoms in total. The van der Waals surface area contributed by atoms with Gasteiger partial charge in [-0.05, 0) is 6.92 Å². The normalized spacial score (nSPS) is 12.2. The second kappa shape index (κ2) is 8.41. The van der Waals surface area contributed by atoms with Crippen molar-refractivity contribution >= 4 is 34.0 Å². The van der Waals surface area contributed by atoms with Crippen molar-refractivity contribution in [2.75, 3.05) is 46.0 Å². The van der Waals surface area contributed by atoms with E-state index in [2.05, 4.69) is 9.72 Å². The smallest absolute Gasteiger partial charge is 0.351 e. The maximum atomic E-state index is 11.6. The number of nitrogens with zero attached hydrogens (tertiary/aromatic N) is 2. The fourth-order valence-electron chi connectivity index (χ4n) is 1.66. The lowest BCUT2D eigenvalue weighted by atomic mass is 10.3. The molecule has 1 rings (SSSR count). The van der Waals surface area contributed by atoms with E-state index in [1.54, 1.807) is 14.2 Å². The Morgan fingerprint density at radius 2 is 2.10 bits per heavy atom. The van der Waals surface area contributed by atoms with Gasteiger partial charge in [-0.2, -0.15) is 0 Å². The van der Waals surface area contributed by atoms with E-state index in [1.165, 1.54) is 18.4 Å². The topological polar surface area (TPSA) is 60.9 Å². The van der Waals surface area contributed by atoms with Crippen molar-refractivity contribution in [3.05, 3.63) is 10.0 Å². The van der Waals surface area contributed by atoms with Gasteiger partial charge in [0.2, 0.25) is 0 Å². The Morgan fingerprint density at radius 1 is 1.40 bits per heavy atom. The predicted octanol–water partition coefficient (Wildman–Crippen LogP) is 2.07. The van der Waals surface area contributed by atoms with Gasteiger partial charge in [0, 0.05) is 20.8 Å². The Kier molecular flexibility index (Phi) is 7.22. The highest BCUT2D eigenvalue weighted by atomic mass is 35.5. The fourth-order valence-corrected chi connectivity index (χ4v) is 2.99. The zero-order valence-electron chi connectivity index (χ0n) is 12.0. The molecule has 0 fully saturated rings. The first kappa shape index (κ1) is 17.2. The largest absolute Gasteiger partial charge is 0.465 e. The third kappa shape index (κ3) is 4.31. The van der Waals surface area contributed by atoms with E-state index in [4.69, 9.17) is 21.1 Å². The highest BCUT2D eigenvalue weighted by Gasteiger charge is 2.23. The van der Waals surface area contributed by atoms with E-state index >= 15 is 0 Å². The lowest BCUT2D eigenvalue weighted by molar-refractivity contribution is 0.0606. The molecule has 0 radical (unpaired) electrons. The lowest BCUT2D eigenvalue weighted by Crippen LogP contribution is -2.38. The van der Waals surface area contributed by atoms with Crippen LogP contribution in [0.25, 0.3) is 0 Å². The van der Waals surface area contributed by atoms with Crippen molar-refractivity contribution in [2.24, 2.45) is 0 Å². The monoisotopic (exact) mass is 322 g/mol. The van der Waals surface area contributed by atoms with E-state index < -0.39 is 5.97 Å². The van der Waals surface area contributed by atoms with Crippen molar-refractivity contribution in [1.29, 1.82) is 0 Å². The molecule has 0 aliphatic heterocycles. The van der Waals surface area contributed by atoms with Crippen LogP contribution in [0.15, 0.2) is 0 Å². The number of aromatic nitrogens is 1. The summed E-state index contributed by atoms with van der Waals surface area (Å²) in [5.41, 5.74) is 0. The van der Waals surface area contributed by atoms with Crippen molar-refractivity contribution in [3.63, 3.8) is 0 Å². The van der Waals surface area contributed by atoms with Gasteiger partial charge in [0.1, 0.15) is 0 Å². The second-order valence-electron chi connectivity index (χ2n) is 4.10. The van der Waals surface area contributed by atoms with Crippen LogP contribution in [0, 0.1) is 0 Å². The molecule has 1 aromatic rings. The van der Waals surface area contributed by atoms with Crippen molar-refractivity contribution in [2.45, 2.75) is 13.0 Å². The maximum Gasteiger partial charge on any atom is 0.351 e. The van der Waals surface area contributed by atoms with E-state index in [-0.39, 0.29) is 11.2 Å². The summed E-state index contributed by atoms with van der Waals surface area (Å²) in [4.78, 5) is 18.1. The quantitative estimate of drug-likeness (QED) is 0.683. The minimum atomic E-state index is -0.482. The summed E-state index contributed by atoms with van der Waals surface area (Å²) in [6, 6.07) is 0.0860. The number of thiazole rings is 1. The molecule has 8 heteroatoms. The van der Waals surface area contributed by atoms with Crippen LogP contribution in [-0.4, -0.2) is 58.1 Å². The van der Waals surface area contributed by atoms with Crippen LogP contribution in [0.3, 0.4) is 0 Å². The molecule has 1 heterocycles. The standard InChI is InChI=1S/C12H19ClN2O4S/c1-8(7-18-3)15(5-6-17-2)12-14-10(13)9(20-12)11(16)19-4/h8H,5-7H2,1-4H3. The zero-order valence-corrected chi connectivity index (χ0v) is 13.6. The number of rotatable bonds is 8. The van der Waals surface area contributed by atoms with E-state index in [0.29, 0.717) is 29.8 Å². The highest BCUT2D eigenvalue weighted by molar-refractivity contribution is 7.18. The number of carbonyl (C=O) groups is 1. The average Bonchev–Trinajstić information content (AvgIpc) is 2.80. The minimum absolute atomic E-state index is 0.0860. The third-order valence-corrected chi connectivity index (χ3v) is 4.13. The summed E-state index contributed by atoms with van der Waals surface area (Å²) in [5, 5.41) is 0.806. The molecule has 0 aliphatic carbocycles. The van der Waals surface area contributed by atoms with Crippen LogP contribution >= 0.6 is 22.9 Å². The van der Waals surface area contributed by atoms with Crippen molar-refractivity contribution in [3.8, 4) is 0 Å². The van der Waals surface area contributed by atoms with Crippen molar-refractivity contribution in [1.82, 2.24) is 4.98 Å². The molecule has 1 aromatic heterocycles. The SMILES string of the molecule is COCCN(c1nc(Cl)c(C(=O)OC)s1)C(C)COC. The van der Waals surface area contributed by atoms with E-state index in [1.807, 2.05) is 11.8 Å². The van der Waals surface area contributed by atoms with Gasteiger partial charge in [0.15, 0.2) is 15.2 Å². The van der Waals surface area contributed by atoms with Crippen LogP contribution < -0.4 is 4.90 Å². The number of hydrogen-bond donors (Lipinski definition) is 0. The molecule has 0 bridgehead atoms.